The maximum Gasteiger partial charge on any atom is 0.0158 e. The Morgan fingerprint density at radius 2 is 1.76 bits per heavy atom. The standard InChI is InChI=1S/C16H33N/c1-7-8-9-10-11-12-16(6,13-14(2)3)17-15(4)5/h7,14-15,17H,1,8-13H2,2-6H3. The molecule has 17 heavy (non-hydrogen) atoms. The molecular weight excluding hydrogens is 206 g/mol. The van der Waals surface area contributed by atoms with Gasteiger partial charge in [0.15, 0.2) is 0 Å². The van der Waals surface area contributed by atoms with E-state index in [2.05, 4.69) is 46.5 Å². The SMILES string of the molecule is C=CCCCCCC(C)(CC(C)C)NC(C)C. The van der Waals surface area contributed by atoms with Gasteiger partial charge in [-0.3, -0.25) is 0 Å². The van der Waals surface area contributed by atoms with Crippen LogP contribution in [-0.2, 0) is 0 Å². The van der Waals surface area contributed by atoms with Crippen molar-refractivity contribution in [1.29, 1.82) is 0 Å². The third-order valence-electron chi connectivity index (χ3n) is 3.13. The number of rotatable bonds is 10. The monoisotopic (exact) mass is 239 g/mol. The molecule has 0 radical (unpaired) electrons. The third kappa shape index (κ3) is 9.41. The van der Waals surface area contributed by atoms with E-state index in [1.54, 1.807) is 0 Å². The molecule has 102 valence electrons. The maximum absolute atomic E-state index is 3.77. The predicted molar refractivity (Wildman–Crippen MR) is 79.4 cm³/mol. The van der Waals surface area contributed by atoms with Crippen LogP contribution in [0.1, 0.15) is 73.1 Å². The summed E-state index contributed by atoms with van der Waals surface area (Å²) in [6.45, 7) is 15.3. The van der Waals surface area contributed by atoms with Gasteiger partial charge in [0.25, 0.3) is 0 Å². The summed E-state index contributed by atoms with van der Waals surface area (Å²) in [5, 5.41) is 3.76. The second kappa shape index (κ2) is 8.74. The van der Waals surface area contributed by atoms with Gasteiger partial charge in [-0.15, -0.1) is 6.58 Å². The summed E-state index contributed by atoms with van der Waals surface area (Å²) in [5.41, 5.74) is 0.316. The quantitative estimate of drug-likeness (QED) is 0.421. The lowest BCUT2D eigenvalue weighted by atomic mass is 9.85. The van der Waals surface area contributed by atoms with Gasteiger partial charge in [0, 0.05) is 11.6 Å². The molecule has 0 saturated carbocycles. The van der Waals surface area contributed by atoms with Gasteiger partial charge in [-0.1, -0.05) is 46.6 Å². The van der Waals surface area contributed by atoms with Crippen LogP contribution >= 0.6 is 0 Å². The smallest absolute Gasteiger partial charge is 0.0158 e. The summed E-state index contributed by atoms with van der Waals surface area (Å²) in [6.07, 6.45) is 9.71. The molecule has 0 amide bonds. The predicted octanol–water partition coefficient (Wildman–Crippen LogP) is 4.93. The second-order valence-electron chi connectivity index (χ2n) is 6.35. The van der Waals surface area contributed by atoms with E-state index < -0.39 is 0 Å². The van der Waals surface area contributed by atoms with Gasteiger partial charge < -0.3 is 5.32 Å². The second-order valence-corrected chi connectivity index (χ2v) is 6.35. The Bertz CT molecular complexity index is 184. The number of hydrogen-bond donors (Lipinski definition) is 1. The lowest BCUT2D eigenvalue weighted by Crippen LogP contribution is -2.47. The largest absolute Gasteiger partial charge is 0.309 e. The molecule has 0 aromatic carbocycles. The third-order valence-corrected chi connectivity index (χ3v) is 3.13. The first-order chi connectivity index (χ1) is 7.89. The van der Waals surface area contributed by atoms with Crippen LogP contribution in [0.5, 0.6) is 0 Å². The van der Waals surface area contributed by atoms with Gasteiger partial charge in [-0.2, -0.15) is 0 Å². The topological polar surface area (TPSA) is 12.0 Å². The van der Waals surface area contributed by atoms with Crippen LogP contribution in [0.25, 0.3) is 0 Å². The molecule has 0 aliphatic heterocycles. The summed E-state index contributed by atoms with van der Waals surface area (Å²) >= 11 is 0. The molecule has 0 aliphatic carbocycles. The van der Waals surface area contributed by atoms with Crippen LogP contribution in [-0.4, -0.2) is 11.6 Å². The molecule has 0 aliphatic rings. The van der Waals surface area contributed by atoms with E-state index in [1.165, 1.54) is 38.5 Å². The van der Waals surface area contributed by atoms with E-state index in [0.717, 1.165) is 5.92 Å². The molecule has 0 spiro atoms. The summed E-state index contributed by atoms with van der Waals surface area (Å²) in [6, 6.07) is 0.576. The first-order valence-electron chi connectivity index (χ1n) is 7.28. The first-order valence-corrected chi connectivity index (χ1v) is 7.28. The van der Waals surface area contributed by atoms with E-state index in [9.17, 15) is 0 Å². The molecule has 1 nitrogen and oxygen atoms in total. The highest BCUT2D eigenvalue weighted by molar-refractivity contribution is 4.85. The zero-order valence-electron chi connectivity index (χ0n) is 12.7. The van der Waals surface area contributed by atoms with Crippen molar-refractivity contribution in [3.05, 3.63) is 12.7 Å². The molecular formula is C16H33N. The Hall–Kier alpha value is -0.300. The van der Waals surface area contributed by atoms with Crippen molar-refractivity contribution < 1.29 is 0 Å². The van der Waals surface area contributed by atoms with Gasteiger partial charge >= 0.3 is 0 Å². The van der Waals surface area contributed by atoms with Crippen LogP contribution in [0, 0.1) is 5.92 Å². The van der Waals surface area contributed by atoms with E-state index in [1.807, 2.05) is 6.08 Å². The molecule has 0 heterocycles. The van der Waals surface area contributed by atoms with Gasteiger partial charge in [-0.05, 0) is 38.5 Å². The minimum atomic E-state index is 0.316. The molecule has 0 bridgehead atoms. The van der Waals surface area contributed by atoms with Crippen molar-refractivity contribution in [2.75, 3.05) is 0 Å². The fourth-order valence-electron chi connectivity index (χ4n) is 2.81. The van der Waals surface area contributed by atoms with Crippen molar-refractivity contribution in [3.8, 4) is 0 Å². The molecule has 1 unspecified atom stereocenters. The molecule has 1 heteroatoms. The number of hydrogen-bond acceptors (Lipinski definition) is 1. The zero-order valence-corrected chi connectivity index (χ0v) is 12.7. The minimum absolute atomic E-state index is 0.316. The minimum Gasteiger partial charge on any atom is -0.309 e. The number of nitrogens with one attached hydrogen (secondary N) is 1. The molecule has 1 N–H and O–H groups in total. The Morgan fingerprint density at radius 3 is 2.24 bits per heavy atom. The Morgan fingerprint density at radius 1 is 1.12 bits per heavy atom. The summed E-state index contributed by atoms with van der Waals surface area (Å²) in [7, 11) is 0. The summed E-state index contributed by atoms with van der Waals surface area (Å²) in [4.78, 5) is 0. The maximum atomic E-state index is 3.77. The lowest BCUT2D eigenvalue weighted by Gasteiger charge is -2.35. The lowest BCUT2D eigenvalue weighted by molar-refractivity contribution is 0.247. The fraction of sp³-hybridized carbons (Fsp3) is 0.875. The summed E-state index contributed by atoms with van der Waals surface area (Å²) < 4.78 is 0. The van der Waals surface area contributed by atoms with Crippen LogP contribution in [0.15, 0.2) is 12.7 Å². The number of allylic oxidation sites excluding steroid dienone is 1. The Balaban J connectivity index is 4.04. The van der Waals surface area contributed by atoms with E-state index in [-0.39, 0.29) is 0 Å². The average Bonchev–Trinajstić information content (AvgIpc) is 2.14. The Kier molecular flexibility index (Phi) is 8.59. The van der Waals surface area contributed by atoms with Crippen molar-refractivity contribution in [1.82, 2.24) is 5.32 Å². The first kappa shape index (κ1) is 16.7. The van der Waals surface area contributed by atoms with Crippen molar-refractivity contribution in [2.45, 2.75) is 84.7 Å². The molecule has 0 aromatic heterocycles. The Labute approximate surface area is 109 Å². The van der Waals surface area contributed by atoms with Crippen LogP contribution < -0.4 is 5.32 Å². The van der Waals surface area contributed by atoms with Crippen LogP contribution in [0.2, 0.25) is 0 Å². The van der Waals surface area contributed by atoms with E-state index in [4.69, 9.17) is 0 Å². The van der Waals surface area contributed by atoms with E-state index >= 15 is 0 Å². The normalized spacial score (nSPS) is 15.2. The van der Waals surface area contributed by atoms with Crippen molar-refractivity contribution >= 4 is 0 Å². The highest BCUT2D eigenvalue weighted by atomic mass is 15.0. The van der Waals surface area contributed by atoms with Gasteiger partial charge in [-0.25, -0.2) is 0 Å². The zero-order chi connectivity index (χ0) is 13.3. The van der Waals surface area contributed by atoms with E-state index in [0.29, 0.717) is 11.6 Å². The van der Waals surface area contributed by atoms with Gasteiger partial charge in [0.2, 0.25) is 0 Å². The highest BCUT2D eigenvalue weighted by Gasteiger charge is 2.25. The van der Waals surface area contributed by atoms with Crippen LogP contribution in [0.4, 0.5) is 0 Å². The number of unbranched alkanes of at least 4 members (excludes halogenated alkanes) is 3. The molecule has 0 rings (SSSR count). The van der Waals surface area contributed by atoms with Gasteiger partial charge in [0.1, 0.15) is 0 Å². The van der Waals surface area contributed by atoms with Crippen molar-refractivity contribution in [3.63, 3.8) is 0 Å². The van der Waals surface area contributed by atoms with Gasteiger partial charge in [0.05, 0.1) is 0 Å². The molecule has 1 atom stereocenters. The molecule has 0 fully saturated rings. The average molecular weight is 239 g/mol. The van der Waals surface area contributed by atoms with Crippen LogP contribution in [0.3, 0.4) is 0 Å². The molecule has 0 saturated heterocycles. The van der Waals surface area contributed by atoms with Crippen molar-refractivity contribution in [2.24, 2.45) is 5.92 Å². The highest BCUT2D eigenvalue weighted by Crippen LogP contribution is 2.24. The molecule has 0 aromatic rings. The summed E-state index contributed by atoms with van der Waals surface area (Å²) in [5.74, 6) is 0.763. The fourth-order valence-corrected chi connectivity index (χ4v) is 2.81.